The van der Waals surface area contributed by atoms with E-state index in [9.17, 15) is 9.59 Å². The highest BCUT2D eigenvalue weighted by Crippen LogP contribution is 2.54. The molecule has 1 aromatic rings. The van der Waals surface area contributed by atoms with Gasteiger partial charge in [-0.15, -0.1) is 0 Å². The van der Waals surface area contributed by atoms with Crippen LogP contribution in [0.2, 0.25) is 5.02 Å². The minimum Gasteiger partial charge on any atom is -0.366 e. The molecule has 26 heavy (non-hydrogen) atoms. The second kappa shape index (κ2) is 5.82. The van der Waals surface area contributed by atoms with Crippen molar-refractivity contribution in [2.24, 2.45) is 22.7 Å². The summed E-state index contributed by atoms with van der Waals surface area (Å²) in [5.41, 5.74) is 1.11. The van der Waals surface area contributed by atoms with Crippen LogP contribution in [0.15, 0.2) is 18.2 Å². The third-order valence-electron chi connectivity index (χ3n) is 6.76. The van der Waals surface area contributed by atoms with E-state index in [-0.39, 0.29) is 23.0 Å². The molecule has 3 nitrogen and oxygen atoms in total. The number of anilines is 1. The zero-order chi connectivity index (χ0) is 18.9. The summed E-state index contributed by atoms with van der Waals surface area (Å²) in [5.74, 6) is 1.14. The lowest BCUT2D eigenvalue weighted by Gasteiger charge is -2.57. The highest BCUT2D eigenvalue weighted by atomic mass is 35.5. The molecule has 2 fully saturated rings. The average molecular weight is 374 g/mol. The fourth-order valence-corrected chi connectivity index (χ4v) is 6.05. The first kappa shape index (κ1) is 18.0. The minimum atomic E-state index is -0.879. The summed E-state index contributed by atoms with van der Waals surface area (Å²) in [5, 5.41) is 0.715. The summed E-state index contributed by atoms with van der Waals surface area (Å²) >= 11 is 6.29. The molecule has 0 amide bonds. The monoisotopic (exact) mass is 373 g/mol. The molecule has 1 aliphatic carbocycles. The van der Waals surface area contributed by atoms with Gasteiger partial charge in [-0.05, 0) is 47.8 Å². The summed E-state index contributed by atoms with van der Waals surface area (Å²) in [7, 11) is 0. The Balaban J connectivity index is 1.90. The van der Waals surface area contributed by atoms with E-state index in [2.05, 4.69) is 18.7 Å². The molecule has 1 spiro atoms. The van der Waals surface area contributed by atoms with Crippen LogP contribution < -0.4 is 4.90 Å². The third kappa shape index (κ3) is 2.54. The Kier molecular flexibility index (Phi) is 4.04. The number of piperidine rings is 1. The molecule has 1 saturated heterocycles. The van der Waals surface area contributed by atoms with Crippen LogP contribution in [0, 0.1) is 22.7 Å². The second-order valence-electron chi connectivity index (χ2n) is 9.70. The molecule has 2 heterocycles. The van der Waals surface area contributed by atoms with Gasteiger partial charge in [-0.2, -0.15) is 0 Å². The topological polar surface area (TPSA) is 37.4 Å². The molecular formula is C22H28ClNO2. The van der Waals surface area contributed by atoms with E-state index in [1.807, 2.05) is 32.0 Å². The fourth-order valence-electron chi connectivity index (χ4n) is 5.88. The van der Waals surface area contributed by atoms with Crippen molar-refractivity contribution in [3.05, 3.63) is 28.8 Å². The van der Waals surface area contributed by atoms with E-state index in [1.165, 1.54) is 0 Å². The maximum Gasteiger partial charge on any atom is 0.149 e. The predicted octanol–water partition coefficient (Wildman–Crippen LogP) is 4.69. The number of rotatable bonds is 0. The molecule has 2 aliphatic heterocycles. The lowest BCUT2D eigenvalue weighted by Crippen LogP contribution is -2.67. The Labute approximate surface area is 161 Å². The molecule has 4 heteroatoms. The van der Waals surface area contributed by atoms with Gasteiger partial charge in [0.1, 0.15) is 17.0 Å². The zero-order valence-corrected chi connectivity index (χ0v) is 16.9. The number of Topliss-reactive ketones (excluding diaryl/α,β-unsaturated/α-hetero) is 2. The molecule has 4 rings (SSSR count). The molecule has 140 valence electrons. The SMILES string of the molecule is C[C@H]1C[C@H](C)[C@H]2N(C1)c1cc(Cl)ccc1CC21C(=O)CC(C)(C)CC1=O. The lowest BCUT2D eigenvalue weighted by molar-refractivity contribution is -0.152. The van der Waals surface area contributed by atoms with Gasteiger partial charge in [0.2, 0.25) is 0 Å². The summed E-state index contributed by atoms with van der Waals surface area (Å²) in [6.07, 6.45) is 2.58. The van der Waals surface area contributed by atoms with Gasteiger partial charge in [-0.25, -0.2) is 0 Å². The highest BCUT2D eigenvalue weighted by molar-refractivity contribution is 6.31. The standard InChI is InChI=1S/C22H28ClNO2/c1-13-7-14(2)20-22(18(25)10-21(3,4)11-19(22)26)9-15-5-6-16(23)8-17(15)24(20)12-13/h5-6,8,13-14,20H,7,9-12H2,1-4H3/t13-,14-,20+/m0/s1. The van der Waals surface area contributed by atoms with Crippen LogP contribution in [-0.2, 0) is 16.0 Å². The molecule has 0 bridgehead atoms. The Morgan fingerprint density at radius 3 is 2.38 bits per heavy atom. The second-order valence-corrected chi connectivity index (χ2v) is 10.1. The Morgan fingerprint density at radius 2 is 1.73 bits per heavy atom. The molecule has 0 N–H and O–H groups in total. The fraction of sp³-hybridized carbons (Fsp3) is 0.636. The van der Waals surface area contributed by atoms with Crippen LogP contribution in [0.25, 0.3) is 0 Å². The van der Waals surface area contributed by atoms with Crippen molar-refractivity contribution >= 4 is 28.9 Å². The Bertz CT molecular complexity index is 764. The number of hydrogen-bond donors (Lipinski definition) is 0. The van der Waals surface area contributed by atoms with Crippen LogP contribution in [-0.4, -0.2) is 24.2 Å². The van der Waals surface area contributed by atoms with Crippen LogP contribution in [0.3, 0.4) is 0 Å². The number of nitrogens with zero attached hydrogens (tertiary/aromatic N) is 1. The van der Waals surface area contributed by atoms with Crippen molar-refractivity contribution in [2.75, 3.05) is 11.4 Å². The number of carbonyl (C=O) groups is 2. The number of benzene rings is 1. The highest BCUT2D eigenvalue weighted by Gasteiger charge is 2.61. The third-order valence-corrected chi connectivity index (χ3v) is 7.00. The first-order chi connectivity index (χ1) is 12.1. The summed E-state index contributed by atoms with van der Waals surface area (Å²) in [4.78, 5) is 29.3. The van der Waals surface area contributed by atoms with E-state index in [1.54, 1.807) is 0 Å². The van der Waals surface area contributed by atoms with Gasteiger partial charge in [0.05, 0.1) is 6.04 Å². The van der Waals surface area contributed by atoms with Crippen LogP contribution in [0.5, 0.6) is 0 Å². The molecule has 0 unspecified atom stereocenters. The first-order valence-corrected chi connectivity index (χ1v) is 10.1. The van der Waals surface area contributed by atoms with Crippen molar-refractivity contribution in [3.8, 4) is 0 Å². The molecule has 1 saturated carbocycles. The number of fused-ring (bicyclic) bond motifs is 4. The van der Waals surface area contributed by atoms with E-state index in [0.717, 1.165) is 24.2 Å². The van der Waals surface area contributed by atoms with Gasteiger partial charge in [-0.3, -0.25) is 9.59 Å². The van der Waals surface area contributed by atoms with Gasteiger partial charge in [0.15, 0.2) is 0 Å². The predicted molar refractivity (Wildman–Crippen MR) is 105 cm³/mol. The minimum absolute atomic E-state index is 0.0410. The van der Waals surface area contributed by atoms with Gasteiger partial charge < -0.3 is 4.90 Å². The maximum absolute atomic E-state index is 13.5. The summed E-state index contributed by atoms with van der Waals surface area (Å²) < 4.78 is 0. The van der Waals surface area contributed by atoms with Crippen LogP contribution in [0.1, 0.15) is 52.5 Å². The normalized spacial score (nSPS) is 32.3. The molecular weight excluding hydrogens is 346 g/mol. The molecule has 3 aliphatic rings. The van der Waals surface area contributed by atoms with Crippen molar-refractivity contribution in [1.29, 1.82) is 0 Å². The van der Waals surface area contributed by atoms with Gasteiger partial charge in [0.25, 0.3) is 0 Å². The van der Waals surface area contributed by atoms with Crippen molar-refractivity contribution in [2.45, 2.75) is 59.4 Å². The Hall–Kier alpha value is -1.35. The number of hydrogen-bond acceptors (Lipinski definition) is 3. The maximum atomic E-state index is 13.5. The smallest absolute Gasteiger partial charge is 0.149 e. The van der Waals surface area contributed by atoms with Crippen LogP contribution in [0.4, 0.5) is 5.69 Å². The summed E-state index contributed by atoms with van der Waals surface area (Å²) in [6.45, 7) is 9.43. The number of ketones is 2. The quantitative estimate of drug-likeness (QED) is 0.619. The van der Waals surface area contributed by atoms with E-state index in [0.29, 0.717) is 36.1 Å². The van der Waals surface area contributed by atoms with E-state index in [4.69, 9.17) is 11.6 Å². The first-order valence-electron chi connectivity index (χ1n) is 9.76. The van der Waals surface area contributed by atoms with Crippen molar-refractivity contribution in [1.82, 2.24) is 0 Å². The van der Waals surface area contributed by atoms with Gasteiger partial charge in [0, 0.05) is 30.1 Å². The number of halogens is 1. The van der Waals surface area contributed by atoms with Gasteiger partial charge >= 0.3 is 0 Å². The van der Waals surface area contributed by atoms with Crippen molar-refractivity contribution < 1.29 is 9.59 Å². The number of carbonyl (C=O) groups excluding carboxylic acids is 2. The van der Waals surface area contributed by atoms with Crippen molar-refractivity contribution in [3.63, 3.8) is 0 Å². The molecule has 0 radical (unpaired) electrons. The average Bonchev–Trinajstić information content (AvgIpc) is 2.51. The molecule has 0 aromatic heterocycles. The van der Waals surface area contributed by atoms with E-state index >= 15 is 0 Å². The van der Waals surface area contributed by atoms with E-state index < -0.39 is 5.41 Å². The van der Waals surface area contributed by atoms with Gasteiger partial charge in [-0.1, -0.05) is 45.4 Å². The zero-order valence-electron chi connectivity index (χ0n) is 16.1. The van der Waals surface area contributed by atoms with Crippen LogP contribution >= 0.6 is 11.6 Å². The molecule has 3 atom stereocenters. The Morgan fingerprint density at radius 1 is 1.08 bits per heavy atom. The lowest BCUT2D eigenvalue weighted by atomic mass is 9.54. The largest absolute Gasteiger partial charge is 0.366 e. The summed E-state index contributed by atoms with van der Waals surface area (Å²) in [6, 6.07) is 5.87. The molecule has 1 aromatic carbocycles.